The second-order valence-corrected chi connectivity index (χ2v) is 8.01. The van der Waals surface area contributed by atoms with Crippen LogP contribution in [0.25, 0.3) is 0 Å². The molecule has 0 unspecified atom stereocenters. The van der Waals surface area contributed by atoms with E-state index in [1.54, 1.807) is 24.7 Å². The Balaban J connectivity index is 1.25. The largest absolute Gasteiger partial charge is 0.390 e. The molecule has 1 aromatic carbocycles. The lowest BCUT2D eigenvalue weighted by Crippen LogP contribution is -2.42. The van der Waals surface area contributed by atoms with Crippen LogP contribution in [0.2, 0.25) is 0 Å². The van der Waals surface area contributed by atoms with Crippen LogP contribution in [-0.2, 0) is 25.8 Å². The molecule has 3 aromatic rings. The molecule has 0 aliphatic carbocycles. The summed E-state index contributed by atoms with van der Waals surface area (Å²) in [5.74, 6) is -0.185. The Labute approximate surface area is 183 Å². The Bertz CT molecular complexity index is 1010. The molecule has 160 valence electrons. The fourth-order valence-corrected chi connectivity index (χ4v) is 3.96. The lowest BCUT2D eigenvalue weighted by molar-refractivity contribution is 0.0841. The Morgan fingerprint density at radius 1 is 1.06 bits per heavy atom. The summed E-state index contributed by atoms with van der Waals surface area (Å²) in [6, 6.07) is 15.9. The topological polar surface area (TPSA) is 78.4 Å². The summed E-state index contributed by atoms with van der Waals surface area (Å²) in [6.07, 6.45) is 7.21. The minimum Gasteiger partial charge on any atom is -0.390 e. The maximum absolute atomic E-state index is 12.6. The molecule has 0 bridgehead atoms. The molecule has 0 saturated carbocycles. The van der Waals surface area contributed by atoms with Crippen LogP contribution < -0.4 is 5.32 Å². The predicted molar refractivity (Wildman–Crippen MR) is 120 cm³/mol. The van der Waals surface area contributed by atoms with Gasteiger partial charge in [-0.25, -0.2) is 0 Å². The molecule has 1 aliphatic rings. The maximum atomic E-state index is 12.6. The number of amides is 1. The normalized spacial score (nSPS) is 14.6. The van der Waals surface area contributed by atoms with E-state index in [2.05, 4.69) is 44.5 Å². The smallest absolute Gasteiger partial charge is 0.251 e. The molecule has 2 aromatic heterocycles. The highest BCUT2D eigenvalue weighted by atomic mass is 16.3. The van der Waals surface area contributed by atoms with Crippen molar-refractivity contribution in [3.63, 3.8) is 0 Å². The summed E-state index contributed by atoms with van der Waals surface area (Å²) in [6.45, 7) is 2.54. The third kappa shape index (κ3) is 5.96. The molecule has 2 N–H and O–H groups in total. The van der Waals surface area contributed by atoms with E-state index in [9.17, 15) is 9.90 Å². The van der Waals surface area contributed by atoms with Crippen molar-refractivity contribution in [2.24, 2.45) is 0 Å². The fourth-order valence-electron chi connectivity index (χ4n) is 3.96. The average molecular weight is 417 g/mol. The second kappa shape index (κ2) is 10.3. The van der Waals surface area contributed by atoms with E-state index in [1.165, 1.54) is 16.7 Å². The van der Waals surface area contributed by atoms with E-state index in [0.717, 1.165) is 38.0 Å². The summed E-state index contributed by atoms with van der Waals surface area (Å²) >= 11 is 0. The molecule has 0 radical (unpaired) electrons. The van der Waals surface area contributed by atoms with Gasteiger partial charge < -0.3 is 10.4 Å². The van der Waals surface area contributed by atoms with Crippen LogP contribution in [0, 0.1) is 0 Å². The first kappa shape index (κ1) is 21.2. The van der Waals surface area contributed by atoms with Crippen LogP contribution in [0.15, 0.2) is 67.1 Å². The van der Waals surface area contributed by atoms with Gasteiger partial charge in [0.15, 0.2) is 0 Å². The van der Waals surface area contributed by atoms with Crippen LogP contribution in [0.4, 0.5) is 0 Å². The monoisotopic (exact) mass is 416 g/mol. The Morgan fingerprint density at radius 2 is 1.87 bits per heavy atom. The summed E-state index contributed by atoms with van der Waals surface area (Å²) in [5, 5.41) is 13.3. The van der Waals surface area contributed by atoms with E-state index >= 15 is 0 Å². The number of rotatable bonds is 8. The number of hydrogen-bond donors (Lipinski definition) is 2. The van der Waals surface area contributed by atoms with Gasteiger partial charge in [-0.1, -0.05) is 24.3 Å². The number of hydrogen-bond acceptors (Lipinski definition) is 5. The number of β-amino-alcohol motifs (C(OH)–C–C–N with tert-alkyl or cyclic N) is 1. The molecule has 6 nitrogen and oxygen atoms in total. The number of benzene rings is 1. The number of aliphatic hydroxyl groups is 1. The number of aromatic nitrogens is 2. The Morgan fingerprint density at radius 3 is 2.71 bits per heavy atom. The number of nitrogens with zero attached hydrogens (tertiary/aromatic N) is 3. The van der Waals surface area contributed by atoms with Gasteiger partial charge in [-0.05, 0) is 60.2 Å². The molecule has 1 aliphatic heterocycles. The molecule has 4 rings (SSSR count). The zero-order chi connectivity index (χ0) is 21.5. The van der Waals surface area contributed by atoms with Gasteiger partial charge in [-0.3, -0.25) is 19.7 Å². The molecule has 0 saturated heterocycles. The van der Waals surface area contributed by atoms with Crippen molar-refractivity contribution in [1.29, 1.82) is 0 Å². The zero-order valence-electron chi connectivity index (χ0n) is 17.6. The zero-order valence-corrected chi connectivity index (χ0v) is 17.6. The lowest BCUT2D eigenvalue weighted by Gasteiger charge is -2.30. The first-order valence-electron chi connectivity index (χ1n) is 10.8. The SMILES string of the molecule is O=C(NC[C@H](O)CN1CCc2ccccc2C1)c1ccnc(CCc2ccncc2)c1. The van der Waals surface area contributed by atoms with Crippen molar-refractivity contribution >= 4 is 5.91 Å². The molecule has 31 heavy (non-hydrogen) atoms. The van der Waals surface area contributed by atoms with Crippen molar-refractivity contribution in [1.82, 2.24) is 20.2 Å². The quantitative estimate of drug-likeness (QED) is 0.590. The molecule has 0 fully saturated rings. The van der Waals surface area contributed by atoms with Crippen molar-refractivity contribution in [2.75, 3.05) is 19.6 Å². The van der Waals surface area contributed by atoms with Gasteiger partial charge >= 0.3 is 0 Å². The van der Waals surface area contributed by atoms with Gasteiger partial charge in [-0.15, -0.1) is 0 Å². The van der Waals surface area contributed by atoms with Gasteiger partial charge in [0, 0.05) is 56.0 Å². The first-order chi connectivity index (χ1) is 15.2. The summed E-state index contributed by atoms with van der Waals surface area (Å²) in [5.41, 5.74) is 5.34. The Kier molecular flexibility index (Phi) is 7.02. The summed E-state index contributed by atoms with van der Waals surface area (Å²) in [7, 11) is 0. The van der Waals surface area contributed by atoms with Crippen LogP contribution in [0.5, 0.6) is 0 Å². The molecule has 1 atom stereocenters. The summed E-state index contributed by atoms with van der Waals surface area (Å²) in [4.78, 5) is 23.2. The Hall–Kier alpha value is -3.09. The van der Waals surface area contributed by atoms with Crippen LogP contribution >= 0.6 is 0 Å². The third-order valence-electron chi connectivity index (χ3n) is 5.67. The van der Waals surface area contributed by atoms with Crippen LogP contribution in [0.3, 0.4) is 0 Å². The van der Waals surface area contributed by atoms with Crippen molar-refractivity contribution in [3.8, 4) is 0 Å². The van der Waals surface area contributed by atoms with E-state index < -0.39 is 6.10 Å². The highest BCUT2D eigenvalue weighted by molar-refractivity contribution is 5.94. The highest BCUT2D eigenvalue weighted by Gasteiger charge is 2.19. The number of aryl methyl sites for hydroxylation is 2. The number of aliphatic hydroxyl groups excluding tert-OH is 1. The second-order valence-electron chi connectivity index (χ2n) is 8.01. The van der Waals surface area contributed by atoms with Gasteiger partial charge in [0.1, 0.15) is 0 Å². The highest BCUT2D eigenvalue weighted by Crippen LogP contribution is 2.18. The molecule has 1 amide bonds. The van der Waals surface area contributed by atoms with Crippen LogP contribution in [-0.4, -0.2) is 51.6 Å². The van der Waals surface area contributed by atoms with Crippen molar-refractivity contribution in [3.05, 3.63) is 95.1 Å². The number of carbonyl (C=O) groups excluding carboxylic acids is 1. The summed E-state index contributed by atoms with van der Waals surface area (Å²) < 4.78 is 0. The van der Waals surface area contributed by atoms with E-state index in [0.29, 0.717) is 12.1 Å². The number of nitrogens with one attached hydrogen (secondary N) is 1. The lowest BCUT2D eigenvalue weighted by atomic mass is 10.00. The van der Waals surface area contributed by atoms with Gasteiger partial charge in [-0.2, -0.15) is 0 Å². The third-order valence-corrected chi connectivity index (χ3v) is 5.67. The van der Waals surface area contributed by atoms with Gasteiger partial charge in [0.2, 0.25) is 0 Å². The molecule has 3 heterocycles. The minimum absolute atomic E-state index is 0.185. The number of pyridine rings is 2. The van der Waals surface area contributed by atoms with Gasteiger partial charge in [0.05, 0.1) is 6.10 Å². The van der Waals surface area contributed by atoms with E-state index in [1.807, 2.05) is 18.2 Å². The van der Waals surface area contributed by atoms with E-state index in [-0.39, 0.29) is 12.5 Å². The molecular formula is C25H28N4O2. The number of fused-ring (bicyclic) bond motifs is 1. The van der Waals surface area contributed by atoms with Crippen molar-refractivity contribution in [2.45, 2.75) is 31.9 Å². The van der Waals surface area contributed by atoms with Crippen LogP contribution in [0.1, 0.15) is 32.7 Å². The van der Waals surface area contributed by atoms with Crippen molar-refractivity contribution < 1.29 is 9.90 Å². The average Bonchev–Trinajstić information content (AvgIpc) is 2.82. The fraction of sp³-hybridized carbons (Fsp3) is 0.320. The minimum atomic E-state index is -0.609. The molecule has 0 spiro atoms. The predicted octanol–water partition coefficient (Wildman–Crippen LogP) is 2.41. The van der Waals surface area contributed by atoms with Gasteiger partial charge in [0.25, 0.3) is 5.91 Å². The standard InChI is InChI=1S/C25H28N4O2/c30-24(18-29-14-10-20-3-1-2-4-22(20)17-29)16-28-25(31)21-9-13-27-23(15-21)6-5-19-7-11-26-12-8-19/h1-4,7-9,11-13,15,24,30H,5-6,10,14,16-18H2,(H,28,31)/t24-/m0/s1. The number of carbonyl (C=O) groups is 1. The maximum Gasteiger partial charge on any atom is 0.251 e. The first-order valence-corrected chi connectivity index (χ1v) is 10.8. The molecular weight excluding hydrogens is 388 g/mol. The van der Waals surface area contributed by atoms with E-state index in [4.69, 9.17) is 0 Å². The molecule has 6 heteroatoms.